The van der Waals surface area contributed by atoms with Crippen LogP contribution in [0.3, 0.4) is 0 Å². The molecule has 1 atom stereocenters. The van der Waals surface area contributed by atoms with Crippen LogP contribution in [0.15, 0.2) is 53.0 Å². The number of amides is 2. The molecule has 0 aromatic heterocycles. The van der Waals surface area contributed by atoms with Crippen LogP contribution in [0, 0.1) is 12.8 Å². The van der Waals surface area contributed by atoms with Gasteiger partial charge in [-0.25, -0.2) is 0 Å². The van der Waals surface area contributed by atoms with Gasteiger partial charge in [-0.2, -0.15) is 0 Å². The molecule has 2 N–H and O–H groups in total. The van der Waals surface area contributed by atoms with Crippen LogP contribution in [0.1, 0.15) is 29.8 Å². The summed E-state index contributed by atoms with van der Waals surface area (Å²) in [7, 11) is 0. The van der Waals surface area contributed by atoms with E-state index in [2.05, 4.69) is 26.6 Å². The van der Waals surface area contributed by atoms with Crippen LogP contribution in [-0.4, -0.2) is 17.9 Å². The van der Waals surface area contributed by atoms with E-state index < -0.39 is 6.04 Å². The van der Waals surface area contributed by atoms with Gasteiger partial charge in [0.2, 0.25) is 5.91 Å². The van der Waals surface area contributed by atoms with Crippen LogP contribution < -0.4 is 10.6 Å². The topological polar surface area (TPSA) is 58.2 Å². The number of nitrogens with one attached hydrogen (secondary N) is 2. The number of hydrogen-bond donors (Lipinski definition) is 2. The number of halogens is 1. The van der Waals surface area contributed by atoms with Crippen molar-refractivity contribution in [2.24, 2.45) is 5.92 Å². The molecule has 0 spiro atoms. The SMILES string of the molecule is Cc1ccccc1NC(=O)[C@@H](NC(=O)c1ccccc1Br)C(C)C. The molecule has 0 aliphatic heterocycles. The van der Waals surface area contributed by atoms with Gasteiger partial charge in [0.1, 0.15) is 6.04 Å². The molecule has 0 fully saturated rings. The maximum absolute atomic E-state index is 12.6. The second-order valence-corrected chi connectivity index (χ2v) is 6.83. The first-order chi connectivity index (χ1) is 11.4. The molecule has 4 nitrogen and oxygen atoms in total. The normalized spacial score (nSPS) is 11.9. The van der Waals surface area contributed by atoms with Crippen molar-refractivity contribution in [3.8, 4) is 0 Å². The average molecular weight is 389 g/mol. The molecule has 126 valence electrons. The highest BCUT2D eigenvalue weighted by atomic mass is 79.9. The predicted molar refractivity (Wildman–Crippen MR) is 100 cm³/mol. The van der Waals surface area contributed by atoms with Crippen molar-refractivity contribution in [2.75, 3.05) is 5.32 Å². The maximum atomic E-state index is 12.6. The Morgan fingerprint density at radius 1 is 1.00 bits per heavy atom. The van der Waals surface area contributed by atoms with E-state index in [1.807, 2.05) is 51.1 Å². The van der Waals surface area contributed by atoms with Gasteiger partial charge in [-0.15, -0.1) is 0 Å². The van der Waals surface area contributed by atoms with Crippen LogP contribution in [0.25, 0.3) is 0 Å². The molecule has 0 unspecified atom stereocenters. The van der Waals surface area contributed by atoms with Gasteiger partial charge >= 0.3 is 0 Å². The van der Waals surface area contributed by atoms with E-state index in [0.717, 1.165) is 11.3 Å². The molecule has 24 heavy (non-hydrogen) atoms. The van der Waals surface area contributed by atoms with Crippen molar-refractivity contribution in [1.29, 1.82) is 0 Å². The summed E-state index contributed by atoms with van der Waals surface area (Å²) in [4.78, 5) is 25.1. The Kier molecular flexibility index (Phi) is 6.15. The van der Waals surface area contributed by atoms with Crippen LogP contribution in [0.2, 0.25) is 0 Å². The second kappa shape index (κ2) is 8.11. The Bertz CT molecular complexity index is 744. The molecule has 0 saturated heterocycles. The number of carbonyl (C=O) groups is 2. The molecular formula is C19H21BrN2O2. The number of aryl methyl sites for hydroxylation is 1. The minimum atomic E-state index is -0.621. The fourth-order valence-electron chi connectivity index (χ4n) is 2.32. The summed E-state index contributed by atoms with van der Waals surface area (Å²) in [5.41, 5.74) is 2.24. The van der Waals surface area contributed by atoms with Crippen LogP contribution >= 0.6 is 15.9 Å². The van der Waals surface area contributed by atoms with E-state index >= 15 is 0 Å². The van der Waals surface area contributed by atoms with Crippen molar-refractivity contribution in [3.63, 3.8) is 0 Å². The summed E-state index contributed by atoms with van der Waals surface area (Å²) in [6.07, 6.45) is 0. The number of rotatable bonds is 5. The van der Waals surface area contributed by atoms with Crippen molar-refractivity contribution in [1.82, 2.24) is 5.32 Å². The Morgan fingerprint density at radius 2 is 1.62 bits per heavy atom. The van der Waals surface area contributed by atoms with Gasteiger partial charge in [-0.3, -0.25) is 9.59 Å². The van der Waals surface area contributed by atoms with Crippen molar-refractivity contribution in [2.45, 2.75) is 26.8 Å². The van der Waals surface area contributed by atoms with E-state index in [0.29, 0.717) is 10.0 Å². The van der Waals surface area contributed by atoms with Crippen molar-refractivity contribution < 1.29 is 9.59 Å². The molecule has 0 aliphatic rings. The van der Waals surface area contributed by atoms with Crippen molar-refractivity contribution in [3.05, 3.63) is 64.1 Å². The summed E-state index contributed by atoms with van der Waals surface area (Å²) < 4.78 is 0.698. The van der Waals surface area contributed by atoms with Gasteiger partial charge in [0.15, 0.2) is 0 Å². The Balaban J connectivity index is 2.15. The second-order valence-electron chi connectivity index (χ2n) is 5.98. The third-order valence-corrected chi connectivity index (χ3v) is 4.45. The zero-order chi connectivity index (χ0) is 17.7. The standard InChI is InChI=1S/C19H21BrN2O2/c1-12(2)17(19(24)21-16-11-7-4-8-13(16)3)22-18(23)14-9-5-6-10-15(14)20/h4-12,17H,1-3H3,(H,21,24)(H,22,23)/t17-/m0/s1. The number of benzene rings is 2. The summed E-state index contributed by atoms with van der Waals surface area (Å²) in [6.45, 7) is 5.74. The first-order valence-electron chi connectivity index (χ1n) is 7.82. The molecular weight excluding hydrogens is 368 g/mol. The highest BCUT2D eigenvalue weighted by Crippen LogP contribution is 2.18. The van der Waals surface area contributed by atoms with Gasteiger partial charge in [0.05, 0.1) is 5.56 Å². The van der Waals surface area contributed by atoms with Gasteiger partial charge in [-0.05, 0) is 52.5 Å². The molecule has 0 saturated carbocycles. The Labute approximate surface area is 150 Å². The molecule has 2 aromatic carbocycles. The van der Waals surface area contributed by atoms with E-state index in [9.17, 15) is 9.59 Å². The maximum Gasteiger partial charge on any atom is 0.253 e. The summed E-state index contributed by atoms with van der Waals surface area (Å²) in [5.74, 6) is -0.540. The third-order valence-electron chi connectivity index (χ3n) is 3.76. The third kappa shape index (κ3) is 4.45. The number of carbonyl (C=O) groups excluding carboxylic acids is 2. The lowest BCUT2D eigenvalue weighted by Gasteiger charge is -2.22. The lowest BCUT2D eigenvalue weighted by atomic mass is 10.0. The van der Waals surface area contributed by atoms with Gasteiger partial charge in [0.25, 0.3) is 5.91 Å². The van der Waals surface area contributed by atoms with E-state index in [4.69, 9.17) is 0 Å². The highest BCUT2D eigenvalue weighted by molar-refractivity contribution is 9.10. The summed E-state index contributed by atoms with van der Waals surface area (Å²) in [6, 6.07) is 14.1. The largest absolute Gasteiger partial charge is 0.340 e. The van der Waals surface area contributed by atoms with Crippen LogP contribution in [0.4, 0.5) is 5.69 Å². The minimum absolute atomic E-state index is 0.0412. The summed E-state index contributed by atoms with van der Waals surface area (Å²) in [5, 5.41) is 5.73. The number of anilines is 1. The molecule has 0 bridgehead atoms. The van der Waals surface area contributed by atoms with E-state index in [1.54, 1.807) is 18.2 Å². The van der Waals surface area contributed by atoms with Gasteiger partial charge in [0, 0.05) is 10.2 Å². The number of para-hydroxylation sites is 1. The zero-order valence-electron chi connectivity index (χ0n) is 14.0. The Hall–Kier alpha value is -2.14. The fourth-order valence-corrected chi connectivity index (χ4v) is 2.79. The van der Waals surface area contributed by atoms with Crippen LogP contribution in [-0.2, 0) is 4.79 Å². The first-order valence-corrected chi connectivity index (χ1v) is 8.61. The molecule has 0 heterocycles. The van der Waals surface area contributed by atoms with Gasteiger partial charge in [-0.1, -0.05) is 44.2 Å². The Morgan fingerprint density at radius 3 is 2.25 bits per heavy atom. The molecule has 2 aromatic rings. The smallest absolute Gasteiger partial charge is 0.253 e. The molecule has 0 aliphatic carbocycles. The van der Waals surface area contributed by atoms with E-state index in [1.165, 1.54) is 0 Å². The van der Waals surface area contributed by atoms with Gasteiger partial charge < -0.3 is 10.6 Å². The molecule has 0 radical (unpaired) electrons. The monoisotopic (exact) mass is 388 g/mol. The lowest BCUT2D eigenvalue weighted by molar-refractivity contribution is -0.118. The predicted octanol–water partition coefficient (Wildman–Crippen LogP) is 4.15. The number of hydrogen-bond acceptors (Lipinski definition) is 2. The van der Waals surface area contributed by atoms with Crippen molar-refractivity contribution >= 4 is 33.4 Å². The lowest BCUT2D eigenvalue weighted by Crippen LogP contribution is -2.47. The fraction of sp³-hybridized carbons (Fsp3) is 0.263. The highest BCUT2D eigenvalue weighted by Gasteiger charge is 2.25. The molecule has 2 rings (SSSR count). The zero-order valence-corrected chi connectivity index (χ0v) is 15.6. The molecule has 2 amide bonds. The van der Waals surface area contributed by atoms with Crippen LogP contribution in [0.5, 0.6) is 0 Å². The average Bonchev–Trinajstić information content (AvgIpc) is 2.54. The molecule has 5 heteroatoms. The first kappa shape index (κ1) is 18.2. The minimum Gasteiger partial charge on any atom is -0.340 e. The summed E-state index contributed by atoms with van der Waals surface area (Å²) >= 11 is 3.36. The van der Waals surface area contributed by atoms with E-state index in [-0.39, 0.29) is 17.7 Å². The quantitative estimate of drug-likeness (QED) is 0.807.